The van der Waals surface area contributed by atoms with Crippen LogP contribution in [-0.2, 0) is 12.8 Å². The maximum absolute atomic E-state index is 5.72. The van der Waals surface area contributed by atoms with Crippen LogP contribution in [0, 0.1) is 5.92 Å². The van der Waals surface area contributed by atoms with Crippen LogP contribution in [0.1, 0.15) is 17.7 Å². The Balaban J connectivity index is 1.97. The Morgan fingerprint density at radius 2 is 2.50 bits per heavy atom. The first kappa shape index (κ1) is 9.99. The van der Waals surface area contributed by atoms with E-state index in [0.717, 1.165) is 30.0 Å². The summed E-state index contributed by atoms with van der Waals surface area (Å²) < 4.78 is 0. The molecule has 1 aliphatic carbocycles. The summed E-state index contributed by atoms with van der Waals surface area (Å²) in [6, 6.07) is 0. The summed E-state index contributed by atoms with van der Waals surface area (Å²) in [5, 5.41) is 7.57. The van der Waals surface area contributed by atoms with E-state index in [1.165, 1.54) is 17.7 Å². The summed E-state index contributed by atoms with van der Waals surface area (Å²) >= 11 is 1.64. The summed E-state index contributed by atoms with van der Waals surface area (Å²) in [7, 11) is 0. The van der Waals surface area contributed by atoms with Gasteiger partial charge in [-0.05, 0) is 31.7 Å². The molecule has 1 unspecified atom stereocenters. The van der Waals surface area contributed by atoms with Gasteiger partial charge in [0.05, 0.1) is 10.4 Å². The third-order valence-corrected chi connectivity index (χ3v) is 4.03. The van der Waals surface area contributed by atoms with Gasteiger partial charge in [-0.15, -0.1) is 11.3 Å². The van der Waals surface area contributed by atoms with Crippen LogP contribution in [-0.4, -0.2) is 21.7 Å². The number of aromatic nitrogens is 3. The van der Waals surface area contributed by atoms with Crippen LogP contribution in [0.4, 0.5) is 0 Å². The number of nitrogens with zero attached hydrogens (tertiary/aromatic N) is 2. The van der Waals surface area contributed by atoms with Gasteiger partial charge in [0.15, 0.2) is 0 Å². The molecule has 3 N–H and O–H groups in total. The molecule has 0 aliphatic heterocycles. The van der Waals surface area contributed by atoms with Crippen LogP contribution in [0.25, 0.3) is 10.6 Å². The largest absolute Gasteiger partial charge is 0.330 e. The molecule has 0 amide bonds. The molecule has 0 saturated carbocycles. The zero-order valence-corrected chi connectivity index (χ0v) is 9.76. The van der Waals surface area contributed by atoms with E-state index in [9.17, 15) is 0 Å². The van der Waals surface area contributed by atoms with E-state index >= 15 is 0 Å². The summed E-state index contributed by atoms with van der Waals surface area (Å²) in [4.78, 5) is 5.26. The molecule has 0 fully saturated rings. The first-order chi connectivity index (χ1) is 7.88. The van der Waals surface area contributed by atoms with Gasteiger partial charge in [-0.3, -0.25) is 10.1 Å². The standard InChI is InChI=1S/C11H14N4S/c12-4-7-1-2-8-9(3-7)14-15-11(8)10-5-13-6-16-10/h5-7H,1-4,12H2,(H,14,15). The Kier molecular flexibility index (Phi) is 2.49. The minimum absolute atomic E-state index is 0.613. The van der Waals surface area contributed by atoms with E-state index in [1.807, 2.05) is 11.7 Å². The van der Waals surface area contributed by atoms with E-state index < -0.39 is 0 Å². The summed E-state index contributed by atoms with van der Waals surface area (Å²) in [6.45, 7) is 0.772. The average molecular weight is 234 g/mol. The summed E-state index contributed by atoms with van der Waals surface area (Å²) in [5.41, 5.74) is 11.3. The molecule has 3 rings (SSSR count). The Morgan fingerprint density at radius 1 is 1.56 bits per heavy atom. The van der Waals surface area contributed by atoms with Crippen LogP contribution in [0.5, 0.6) is 0 Å². The molecule has 2 heterocycles. The number of H-pyrrole nitrogens is 1. The van der Waals surface area contributed by atoms with Gasteiger partial charge in [0.25, 0.3) is 0 Å². The van der Waals surface area contributed by atoms with Gasteiger partial charge in [0, 0.05) is 17.5 Å². The van der Waals surface area contributed by atoms with Crippen molar-refractivity contribution in [2.24, 2.45) is 11.7 Å². The number of nitrogens with two attached hydrogens (primary N) is 1. The highest BCUT2D eigenvalue weighted by molar-refractivity contribution is 7.13. The molecule has 16 heavy (non-hydrogen) atoms. The zero-order chi connectivity index (χ0) is 11.0. The minimum atomic E-state index is 0.613. The van der Waals surface area contributed by atoms with Crippen molar-refractivity contribution in [1.29, 1.82) is 0 Å². The van der Waals surface area contributed by atoms with Crippen molar-refractivity contribution in [1.82, 2.24) is 15.2 Å². The van der Waals surface area contributed by atoms with E-state index in [0.29, 0.717) is 5.92 Å². The predicted octanol–water partition coefficient (Wildman–Crippen LogP) is 1.60. The maximum Gasteiger partial charge on any atom is 0.107 e. The van der Waals surface area contributed by atoms with Gasteiger partial charge in [-0.25, -0.2) is 0 Å². The van der Waals surface area contributed by atoms with Gasteiger partial charge in [-0.1, -0.05) is 0 Å². The average Bonchev–Trinajstić information content (AvgIpc) is 2.96. The normalized spacial score (nSPS) is 19.7. The second kappa shape index (κ2) is 3.99. The Labute approximate surface area is 97.9 Å². The number of nitrogens with one attached hydrogen (secondary N) is 1. The second-order valence-corrected chi connectivity index (χ2v) is 5.13. The highest BCUT2D eigenvalue weighted by atomic mass is 32.1. The van der Waals surface area contributed by atoms with Crippen LogP contribution in [0.15, 0.2) is 11.7 Å². The fourth-order valence-electron chi connectivity index (χ4n) is 2.32. The van der Waals surface area contributed by atoms with Crippen molar-refractivity contribution in [3.8, 4) is 10.6 Å². The lowest BCUT2D eigenvalue weighted by atomic mass is 9.87. The highest BCUT2D eigenvalue weighted by Crippen LogP contribution is 2.32. The number of hydrogen-bond donors (Lipinski definition) is 2. The lowest BCUT2D eigenvalue weighted by Crippen LogP contribution is -2.21. The van der Waals surface area contributed by atoms with Crippen LogP contribution in [0.2, 0.25) is 0 Å². The fraction of sp³-hybridized carbons (Fsp3) is 0.455. The molecular formula is C11H14N4S. The third kappa shape index (κ3) is 1.56. The Hall–Kier alpha value is -1.20. The molecule has 4 nitrogen and oxygen atoms in total. The van der Waals surface area contributed by atoms with Crippen molar-refractivity contribution in [2.75, 3.05) is 6.54 Å². The molecule has 0 spiro atoms. The molecule has 0 aromatic carbocycles. The zero-order valence-electron chi connectivity index (χ0n) is 8.94. The van der Waals surface area contributed by atoms with Gasteiger partial charge >= 0.3 is 0 Å². The molecular weight excluding hydrogens is 220 g/mol. The number of thiazole rings is 1. The van der Waals surface area contributed by atoms with Crippen molar-refractivity contribution in [3.05, 3.63) is 23.0 Å². The van der Waals surface area contributed by atoms with Gasteiger partial charge in [0.2, 0.25) is 0 Å². The second-order valence-electron chi connectivity index (χ2n) is 4.24. The van der Waals surface area contributed by atoms with E-state index in [-0.39, 0.29) is 0 Å². The summed E-state index contributed by atoms with van der Waals surface area (Å²) in [5.74, 6) is 0.613. The minimum Gasteiger partial charge on any atom is -0.330 e. The van der Waals surface area contributed by atoms with E-state index in [2.05, 4.69) is 15.2 Å². The van der Waals surface area contributed by atoms with Gasteiger partial charge < -0.3 is 5.73 Å². The molecule has 2 aromatic heterocycles. The molecule has 1 aliphatic rings. The van der Waals surface area contributed by atoms with Crippen molar-refractivity contribution < 1.29 is 0 Å². The molecule has 2 aromatic rings. The monoisotopic (exact) mass is 234 g/mol. The first-order valence-electron chi connectivity index (χ1n) is 5.53. The van der Waals surface area contributed by atoms with Gasteiger partial charge in [-0.2, -0.15) is 5.10 Å². The SMILES string of the molecule is NCC1CCc2c(-c3cncs3)n[nH]c2C1. The van der Waals surface area contributed by atoms with Crippen LogP contribution in [0.3, 0.4) is 0 Å². The number of hydrogen-bond acceptors (Lipinski definition) is 4. The Morgan fingerprint density at radius 3 is 3.25 bits per heavy atom. The Bertz CT molecular complexity index is 474. The van der Waals surface area contributed by atoms with E-state index in [1.54, 1.807) is 11.3 Å². The highest BCUT2D eigenvalue weighted by Gasteiger charge is 2.23. The summed E-state index contributed by atoms with van der Waals surface area (Å²) in [6.07, 6.45) is 5.18. The number of rotatable bonds is 2. The molecule has 0 radical (unpaired) electrons. The fourth-order valence-corrected chi connectivity index (χ4v) is 2.95. The van der Waals surface area contributed by atoms with Gasteiger partial charge in [0.1, 0.15) is 5.69 Å². The van der Waals surface area contributed by atoms with Crippen molar-refractivity contribution in [3.63, 3.8) is 0 Å². The maximum atomic E-state index is 5.72. The van der Waals surface area contributed by atoms with Crippen LogP contribution >= 0.6 is 11.3 Å². The van der Waals surface area contributed by atoms with E-state index in [4.69, 9.17) is 5.73 Å². The molecule has 0 bridgehead atoms. The molecule has 5 heteroatoms. The topological polar surface area (TPSA) is 67.6 Å². The lowest BCUT2D eigenvalue weighted by molar-refractivity contribution is 0.464. The van der Waals surface area contributed by atoms with Crippen molar-refractivity contribution >= 4 is 11.3 Å². The molecule has 0 saturated heterocycles. The quantitative estimate of drug-likeness (QED) is 0.829. The smallest absolute Gasteiger partial charge is 0.107 e. The first-order valence-corrected chi connectivity index (χ1v) is 6.41. The van der Waals surface area contributed by atoms with Crippen molar-refractivity contribution in [2.45, 2.75) is 19.3 Å². The molecule has 1 atom stereocenters. The van der Waals surface area contributed by atoms with Crippen LogP contribution < -0.4 is 5.73 Å². The number of aromatic amines is 1. The predicted molar refractivity (Wildman–Crippen MR) is 64.3 cm³/mol. The molecule has 84 valence electrons. The number of fused-ring (bicyclic) bond motifs is 1. The third-order valence-electron chi connectivity index (χ3n) is 3.25. The lowest BCUT2D eigenvalue weighted by Gasteiger charge is -2.20.